The zero-order valence-electron chi connectivity index (χ0n) is 13.1. The molecule has 1 fully saturated rings. The first-order chi connectivity index (χ1) is 9.24. The van der Waals surface area contributed by atoms with Crippen molar-refractivity contribution in [2.24, 2.45) is 28.9 Å². The van der Waals surface area contributed by atoms with Gasteiger partial charge in [-0.1, -0.05) is 27.7 Å². The Morgan fingerprint density at radius 3 is 2.25 bits per heavy atom. The number of likely N-dealkylation sites (tertiary alicyclic amines) is 1. The molecule has 1 heterocycles. The molecule has 1 aliphatic rings. The number of hydrogen-bond donors (Lipinski definition) is 2. The van der Waals surface area contributed by atoms with Crippen LogP contribution in [-0.4, -0.2) is 41.5 Å². The van der Waals surface area contributed by atoms with E-state index in [9.17, 15) is 14.7 Å². The van der Waals surface area contributed by atoms with Crippen molar-refractivity contribution in [1.82, 2.24) is 4.90 Å². The second-order valence-electron chi connectivity index (χ2n) is 6.69. The molecule has 3 N–H and O–H groups in total. The lowest BCUT2D eigenvalue weighted by molar-refractivity contribution is -0.151. The molecule has 2 unspecified atom stereocenters. The van der Waals surface area contributed by atoms with Gasteiger partial charge < -0.3 is 15.7 Å². The van der Waals surface area contributed by atoms with E-state index in [1.165, 1.54) is 0 Å². The molecular formula is C15H28N2O3. The fraction of sp³-hybridized carbons (Fsp3) is 0.867. The molecule has 0 aliphatic carbocycles. The van der Waals surface area contributed by atoms with Crippen molar-refractivity contribution in [3.05, 3.63) is 0 Å². The minimum atomic E-state index is -0.799. The second kappa shape index (κ2) is 6.57. The van der Waals surface area contributed by atoms with Crippen molar-refractivity contribution in [2.75, 3.05) is 19.6 Å². The molecule has 116 valence electrons. The van der Waals surface area contributed by atoms with E-state index in [-0.39, 0.29) is 17.7 Å². The summed E-state index contributed by atoms with van der Waals surface area (Å²) in [6.45, 7) is 9.12. The Morgan fingerprint density at radius 1 is 1.30 bits per heavy atom. The van der Waals surface area contributed by atoms with Crippen LogP contribution in [0.1, 0.15) is 40.5 Å². The van der Waals surface area contributed by atoms with Gasteiger partial charge in [0, 0.05) is 19.6 Å². The first-order valence-electron chi connectivity index (χ1n) is 7.46. The number of amides is 1. The Kier molecular flexibility index (Phi) is 5.57. The highest BCUT2D eigenvalue weighted by Crippen LogP contribution is 2.38. The van der Waals surface area contributed by atoms with Crippen LogP contribution in [0.15, 0.2) is 0 Å². The molecule has 1 rings (SSSR count). The summed E-state index contributed by atoms with van der Waals surface area (Å²) in [6, 6.07) is 0. The smallest absolute Gasteiger partial charge is 0.311 e. The highest BCUT2D eigenvalue weighted by molar-refractivity contribution is 5.82. The average molecular weight is 284 g/mol. The molecule has 1 amide bonds. The standard InChI is InChI=1S/C15H28N2O3/c1-10(2)7-12(8-16)13(18)17-6-5-15(9-17,11(3)4)14(19)20/h10-12H,5-9,16H2,1-4H3,(H,19,20). The van der Waals surface area contributed by atoms with Gasteiger partial charge in [-0.2, -0.15) is 0 Å². The van der Waals surface area contributed by atoms with E-state index in [4.69, 9.17) is 5.73 Å². The summed E-state index contributed by atoms with van der Waals surface area (Å²) in [7, 11) is 0. The molecule has 0 saturated carbocycles. The Morgan fingerprint density at radius 2 is 1.90 bits per heavy atom. The minimum Gasteiger partial charge on any atom is -0.481 e. The molecular weight excluding hydrogens is 256 g/mol. The van der Waals surface area contributed by atoms with Gasteiger partial charge in [0.05, 0.1) is 11.3 Å². The van der Waals surface area contributed by atoms with E-state index >= 15 is 0 Å². The Labute approximate surface area is 121 Å². The zero-order chi connectivity index (χ0) is 15.5. The van der Waals surface area contributed by atoms with E-state index in [0.717, 1.165) is 6.42 Å². The van der Waals surface area contributed by atoms with E-state index < -0.39 is 11.4 Å². The maximum atomic E-state index is 12.5. The Bertz CT molecular complexity index is 368. The van der Waals surface area contributed by atoms with Crippen molar-refractivity contribution < 1.29 is 14.7 Å². The average Bonchev–Trinajstić information content (AvgIpc) is 2.81. The maximum Gasteiger partial charge on any atom is 0.311 e. The van der Waals surface area contributed by atoms with Crippen molar-refractivity contribution in [3.8, 4) is 0 Å². The molecule has 5 heteroatoms. The molecule has 1 saturated heterocycles. The minimum absolute atomic E-state index is 0.0132. The number of nitrogens with two attached hydrogens (primary N) is 1. The van der Waals surface area contributed by atoms with Gasteiger partial charge in [0.2, 0.25) is 5.91 Å². The van der Waals surface area contributed by atoms with Crippen LogP contribution in [0.4, 0.5) is 0 Å². The highest BCUT2D eigenvalue weighted by Gasteiger charge is 2.49. The van der Waals surface area contributed by atoms with E-state index in [1.807, 2.05) is 13.8 Å². The lowest BCUT2D eigenvalue weighted by Gasteiger charge is -2.30. The maximum absolute atomic E-state index is 12.5. The molecule has 5 nitrogen and oxygen atoms in total. The van der Waals surface area contributed by atoms with E-state index in [2.05, 4.69) is 13.8 Å². The molecule has 0 aromatic carbocycles. The van der Waals surface area contributed by atoms with Crippen LogP contribution in [0.5, 0.6) is 0 Å². The molecule has 0 bridgehead atoms. The Hall–Kier alpha value is -1.10. The summed E-state index contributed by atoms with van der Waals surface area (Å²) in [4.78, 5) is 25.8. The van der Waals surface area contributed by atoms with Gasteiger partial charge in [0.25, 0.3) is 0 Å². The van der Waals surface area contributed by atoms with E-state index in [0.29, 0.717) is 32.0 Å². The van der Waals surface area contributed by atoms with Crippen LogP contribution < -0.4 is 5.73 Å². The molecule has 1 aliphatic heterocycles. The topological polar surface area (TPSA) is 83.6 Å². The van der Waals surface area contributed by atoms with Gasteiger partial charge in [-0.15, -0.1) is 0 Å². The van der Waals surface area contributed by atoms with E-state index in [1.54, 1.807) is 4.90 Å². The summed E-state index contributed by atoms with van der Waals surface area (Å²) in [5, 5.41) is 9.51. The quantitative estimate of drug-likeness (QED) is 0.775. The highest BCUT2D eigenvalue weighted by atomic mass is 16.4. The molecule has 20 heavy (non-hydrogen) atoms. The largest absolute Gasteiger partial charge is 0.481 e. The summed E-state index contributed by atoms with van der Waals surface area (Å²) in [6.07, 6.45) is 1.29. The SMILES string of the molecule is CC(C)CC(CN)C(=O)N1CCC(C(=O)O)(C(C)C)C1. The molecule has 2 atom stereocenters. The number of carboxylic acids is 1. The van der Waals surface area contributed by atoms with Crippen LogP contribution in [0.25, 0.3) is 0 Å². The number of carbonyl (C=O) groups excluding carboxylic acids is 1. The van der Waals surface area contributed by atoms with Gasteiger partial charge in [-0.05, 0) is 24.7 Å². The van der Waals surface area contributed by atoms with Crippen LogP contribution >= 0.6 is 0 Å². The first kappa shape index (κ1) is 17.0. The van der Waals surface area contributed by atoms with Crippen LogP contribution in [-0.2, 0) is 9.59 Å². The summed E-state index contributed by atoms with van der Waals surface area (Å²) >= 11 is 0. The molecule has 0 aromatic rings. The third-order valence-corrected chi connectivity index (χ3v) is 4.53. The molecule has 0 radical (unpaired) electrons. The number of carbonyl (C=O) groups is 2. The van der Waals surface area contributed by atoms with Gasteiger partial charge in [0.1, 0.15) is 0 Å². The number of nitrogens with zero attached hydrogens (tertiary/aromatic N) is 1. The predicted molar refractivity (Wildman–Crippen MR) is 78.1 cm³/mol. The van der Waals surface area contributed by atoms with Crippen molar-refractivity contribution in [1.29, 1.82) is 0 Å². The van der Waals surface area contributed by atoms with Gasteiger partial charge in [0.15, 0.2) is 0 Å². The number of rotatable bonds is 6. The third-order valence-electron chi connectivity index (χ3n) is 4.53. The summed E-state index contributed by atoms with van der Waals surface area (Å²) < 4.78 is 0. The molecule has 0 aromatic heterocycles. The lowest BCUT2D eigenvalue weighted by atomic mass is 9.76. The first-order valence-corrected chi connectivity index (χ1v) is 7.46. The van der Waals surface area contributed by atoms with Crippen molar-refractivity contribution in [3.63, 3.8) is 0 Å². The van der Waals surface area contributed by atoms with Crippen molar-refractivity contribution in [2.45, 2.75) is 40.5 Å². The number of carboxylic acid groups (broad SMARTS) is 1. The lowest BCUT2D eigenvalue weighted by Crippen LogP contribution is -2.43. The third kappa shape index (κ3) is 3.32. The monoisotopic (exact) mass is 284 g/mol. The normalized spacial score (nSPS) is 24.4. The van der Waals surface area contributed by atoms with Crippen molar-refractivity contribution >= 4 is 11.9 Å². The van der Waals surface area contributed by atoms with Crippen LogP contribution in [0, 0.1) is 23.2 Å². The zero-order valence-corrected chi connectivity index (χ0v) is 13.1. The van der Waals surface area contributed by atoms with Gasteiger partial charge in [-0.25, -0.2) is 0 Å². The fourth-order valence-corrected chi connectivity index (χ4v) is 3.04. The van der Waals surface area contributed by atoms with Crippen LogP contribution in [0.3, 0.4) is 0 Å². The van der Waals surface area contributed by atoms with Crippen LogP contribution in [0.2, 0.25) is 0 Å². The second-order valence-corrected chi connectivity index (χ2v) is 6.69. The Balaban J connectivity index is 2.80. The fourth-order valence-electron chi connectivity index (χ4n) is 3.04. The number of aliphatic carboxylic acids is 1. The summed E-state index contributed by atoms with van der Waals surface area (Å²) in [5.74, 6) is -0.545. The summed E-state index contributed by atoms with van der Waals surface area (Å²) in [5.41, 5.74) is 4.91. The number of hydrogen-bond acceptors (Lipinski definition) is 3. The van der Waals surface area contributed by atoms with Gasteiger partial charge >= 0.3 is 5.97 Å². The van der Waals surface area contributed by atoms with Gasteiger partial charge in [-0.3, -0.25) is 9.59 Å². The predicted octanol–water partition coefficient (Wildman–Crippen LogP) is 1.57. The molecule has 0 spiro atoms.